The summed E-state index contributed by atoms with van der Waals surface area (Å²) in [5.74, 6) is -0.924. The zero-order valence-corrected chi connectivity index (χ0v) is 47.4. The first-order valence-electron chi connectivity index (χ1n) is 30.0. The predicted octanol–water partition coefficient (Wildman–Crippen LogP) is 20.4. The molecular weight excluding hydrogens is 901 g/mol. The van der Waals surface area contributed by atoms with Gasteiger partial charge in [-0.3, -0.25) is 14.4 Å². The van der Waals surface area contributed by atoms with E-state index < -0.39 is 6.10 Å². The van der Waals surface area contributed by atoms with Crippen LogP contribution in [0.15, 0.2) is 122 Å². The van der Waals surface area contributed by atoms with Crippen LogP contribution in [0.1, 0.15) is 265 Å². The fourth-order valence-corrected chi connectivity index (χ4v) is 7.96. The molecule has 0 heterocycles. The smallest absolute Gasteiger partial charge is 0.306 e. The quantitative estimate of drug-likeness (QED) is 0.0261. The van der Waals surface area contributed by atoms with E-state index in [9.17, 15) is 14.4 Å². The highest BCUT2D eigenvalue weighted by molar-refractivity contribution is 5.71. The van der Waals surface area contributed by atoms with E-state index in [1.165, 1.54) is 77.0 Å². The maximum Gasteiger partial charge on any atom is 0.306 e. The molecule has 0 saturated heterocycles. The number of carbonyl (C=O) groups is 3. The number of esters is 3. The van der Waals surface area contributed by atoms with Crippen LogP contribution in [0.25, 0.3) is 0 Å². The molecule has 0 fully saturated rings. The zero-order valence-electron chi connectivity index (χ0n) is 47.4. The van der Waals surface area contributed by atoms with Gasteiger partial charge in [0.2, 0.25) is 0 Å². The maximum absolute atomic E-state index is 12.8. The standard InChI is InChI=1S/C67H110O6/c1-4-7-10-13-16-19-21-23-25-27-28-29-30-31-32-33-34-35-36-37-38-39-40-41-43-44-46-48-51-54-57-60-66(69)72-63-64(62-71-65(68)59-56-53-50-18-15-12-9-6-3)73-67(70)61-58-55-52-49-47-45-42-26-24-22-20-17-14-11-8-5-2/h7,10,16,19-20,22-23,25-26,28-29,31-32,34-35,37-38,40-42,64H,4-6,8-9,11-15,17-18,21,24,27,30,33,36,39,43-63H2,1-3H3/b10-7-,19-16-,22-20-,25-23-,29-28-,32-31-,35-34-,38-37-,41-40-,42-26-. The molecule has 0 aromatic rings. The second kappa shape index (κ2) is 60.4. The van der Waals surface area contributed by atoms with Crippen LogP contribution in [0.2, 0.25) is 0 Å². The lowest BCUT2D eigenvalue weighted by Crippen LogP contribution is -2.30. The minimum Gasteiger partial charge on any atom is -0.462 e. The Hall–Kier alpha value is -4.19. The van der Waals surface area contributed by atoms with E-state index in [1.54, 1.807) is 0 Å². The number of allylic oxidation sites excluding steroid dienone is 20. The maximum atomic E-state index is 12.8. The Bertz CT molecular complexity index is 1540. The first-order chi connectivity index (χ1) is 36.0. The summed E-state index contributed by atoms with van der Waals surface area (Å²) in [6.07, 6.45) is 83.5. The first-order valence-corrected chi connectivity index (χ1v) is 30.0. The molecule has 0 aliphatic heterocycles. The summed E-state index contributed by atoms with van der Waals surface area (Å²) >= 11 is 0. The van der Waals surface area contributed by atoms with Gasteiger partial charge in [0.05, 0.1) is 0 Å². The molecule has 0 spiro atoms. The van der Waals surface area contributed by atoms with Crippen molar-refractivity contribution < 1.29 is 28.6 Å². The van der Waals surface area contributed by atoms with Crippen LogP contribution >= 0.6 is 0 Å². The Morgan fingerprint density at radius 3 is 0.849 bits per heavy atom. The van der Waals surface area contributed by atoms with E-state index in [-0.39, 0.29) is 31.1 Å². The summed E-state index contributed by atoms with van der Waals surface area (Å²) in [6, 6.07) is 0. The topological polar surface area (TPSA) is 78.9 Å². The number of ether oxygens (including phenoxy) is 3. The van der Waals surface area contributed by atoms with Gasteiger partial charge in [0.15, 0.2) is 6.10 Å². The van der Waals surface area contributed by atoms with Gasteiger partial charge in [0.25, 0.3) is 0 Å². The second-order valence-electron chi connectivity index (χ2n) is 19.5. The third kappa shape index (κ3) is 58.6. The molecule has 0 aliphatic rings. The van der Waals surface area contributed by atoms with Crippen molar-refractivity contribution in [2.75, 3.05) is 13.2 Å². The van der Waals surface area contributed by atoms with Gasteiger partial charge in [-0.2, -0.15) is 0 Å². The highest BCUT2D eigenvalue weighted by atomic mass is 16.6. The molecule has 0 saturated carbocycles. The third-order valence-corrected chi connectivity index (χ3v) is 12.5. The Balaban J connectivity index is 4.24. The second-order valence-corrected chi connectivity index (χ2v) is 19.5. The van der Waals surface area contributed by atoms with E-state index >= 15 is 0 Å². The molecule has 0 N–H and O–H groups in total. The van der Waals surface area contributed by atoms with Crippen LogP contribution in [0.3, 0.4) is 0 Å². The van der Waals surface area contributed by atoms with Crippen molar-refractivity contribution in [1.82, 2.24) is 0 Å². The minimum atomic E-state index is -0.792. The number of hydrogen-bond donors (Lipinski definition) is 0. The fourth-order valence-electron chi connectivity index (χ4n) is 7.96. The minimum absolute atomic E-state index is 0.0892. The summed E-state index contributed by atoms with van der Waals surface area (Å²) in [4.78, 5) is 38.0. The van der Waals surface area contributed by atoms with Crippen molar-refractivity contribution in [1.29, 1.82) is 0 Å². The molecule has 1 atom stereocenters. The normalized spacial score (nSPS) is 13.0. The molecule has 73 heavy (non-hydrogen) atoms. The lowest BCUT2D eigenvalue weighted by Gasteiger charge is -2.18. The van der Waals surface area contributed by atoms with E-state index in [0.29, 0.717) is 19.3 Å². The Morgan fingerprint density at radius 2 is 0.534 bits per heavy atom. The lowest BCUT2D eigenvalue weighted by molar-refractivity contribution is -0.167. The fraction of sp³-hybridized carbons (Fsp3) is 0.657. The summed E-state index contributed by atoms with van der Waals surface area (Å²) in [7, 11) is 0. The average molecular weight is 1010 g/mol. The van der Waals surface area contributed by atoms with Gasteiger partial charge in [0.1, 0.15) is 13.2 Å². The molecule has 0 radical (unpaired) electrons. The highest BCUT2D eigenvalue weighted by Crippen LogP contribution is 2.14. The van der Waals surface area contributed by atoms with Gasteiger partial charge in [-0.05, 0) is 116 Å². The van der Waals surface area contributed by atoms with Gasteiger partial charge in [-0.1, -0.05) is 251 Å². The molecule has 414 valence electrons. The summed E-state index contributed by atoms with van der Waals surface area (Å²) < 4.78 is 16.8. The number of rotatable bonds is 53. The van der Waals surface area contributed by atoms with E-state index in [2.05, 4.69) is 142 Å². The van der Waals surface area contributed by atoms with Gasteiger partial charge in [-0.25, -0.2) is 0 Å². The Morgan fingerprint density at radius 1 is 0.288 bits per heavy atom. The van der Waals surface area contributed by atoms with Gasteiger partial charge >= 0.3 is 17.9 Å². The van der Waals surface area contributed by atoms with Crippen molar-refractivity contribution in [3.8, 4) is 0 Å². The van der Waals surface area contributed by atoms with Crippen molar-refractivity contribution in [3.63, 3.8) is 0 Å². The first kappa shape index (κ1) is 68.8. The highest BCUT2D eigenvalue weighted by Gasteiger charge is 2.19. The van der Waals surface area contributed by atoms with Crippen molar-refractivity contribution >= 4 is 17.9 Å². The van der Waals surface area contributed by atoms with Crippen LogP contribution < -0.4 is 0 Å². The Kier molecular flexibility index (Phi) is 56.9. The molecule has 1 unspecified atom stereocenters. The van der Waals surface area contributed by atoms with Gasteiger partial charge < -0.3 is 14.2 Å². The lowest BCUT2D eigenvalue weighted by atomic mass is 10.1. The van der Waals surface area contributed by atoms with Crippen LogP contribution in [-0.2, 0) is 28.6 Å². The molecule has 0 amide bonds. The van der Waals surface area contributed by atoms with Crippen LogP contribution in [0.5, 0.6) is 0 Å². The molecule has 0 rings (SSSR count). The third-order valence-electron chi connectivity index (χ3n) is 12.5. The summed E-state index contributed by atoms with van der Waals surface area (Å²) in [6.45, 7) is 6.45. The van der Waals surface area contributed by atoms with Crippen LogP contribution in [0.4, 0.5) is 0 Å². The molecule has 6 heteroatoms. The van der Waals surface area contributed by atoms with Crippen molar-refractivity contribution in [3.05, 3.63) is 122 Å². The summed E-state index contributed by atoms with van der Waals surface area (Å²) in [5.41, 5.74) is 0. The molecular formula is C67H110O6. The predicted molar refractivity (Wildman–Crippen MR) is 316 cm³/mol. The zero-order chi connectivity index (χ0) is 52.9. The molecule has 6 nitrogen and oxygen atoms in total. The van der Waals surface area contributed by atoms with Crippen molar-refractivity contribution in [2.24, 2.45) is 0 Å². The van der Waals surface area contributed by atoms with Crippen LogP contribution in [-0.4, -0.2) is 37.2 Å². The van der Waals surface area contributed by atoms with E-state index in [0.717, 1.165) is 148 Å². The molecule has 0 aliphatic carbocycles. The monoisotopic (exact) mass is 1010 g/mol. The number of hydrogen-bond acceptors (Lipinski definition) is 6. The van der Waals surface area contributed by atoms with E-state index in [4.69, 9.17) is 14.2 Å². The van der Waals surface area contributed by atoms with Gasteiger partial charge in [0, 0.05) is 19.3 Å². The molecule has 0 bridgehead atoms. The number of carbonyl (C=O) groups excluding carboxylic acids is 3. The molecule has 0 aromatic carbocycles. The Labute approximate surface area is 450 Å². The van der Waals surface area contributed by atoms with Gasteiger partial charge in [-0.15, -0.1) is 0 Å². The van der Waals surface area contributed by atoms with Crippen LogP contribution in [0, 0.1) is 0 Å². The SMILES string of the molecule is CC/C=C\C/C=C\C/C=C\C/C=C\C/C=C\C/C=C\C/C=C\C/C=C\CCCCCCCCC(=O)OCC(COC(=O)CCCCCCCCCC)OC(=O)CCCCCCC/C=C\C/C=C\CCCCCC. The molecule has 0 aromatic heterocycles. The van der Waals surface area contributed by atoms with E-state index in [1.807, 2.05) is 0 Å². The summed E-state index contributed by atoms with van der Waals surface area (Å²) in [5, 5.41) is 0. The number of unbranched alkanes of at least 4 members (excludes halogenated alkanes) is 22. The van der Waals surface area contributed by atoms with Crippen molar-refractivity contribution in [2.45, 2.75) is 271 Å². The average Bonchev–Trinajstić information content (AvgIpc) is 3.39. The largest absolute Gasteiger partial charge is 0.462 e.